The van der Waals surface area contributed by atoms with Crippen LogP contribution >= 0.6 is 11.6 Å². The Morgan fingerprint density at radius 1 is 0.941 bits per heavy atom. The fraction of sp³-hybridized carbons (Fsp3) is 0.481. The first-order valence-electron chi connectivity index (χ1n) is 12.3. The van der Waals surface area contributed by atoms with Crippen LogP contribution in [0.2, 0.25) is 5.02 Å². The zero-order valence-corrected chi connectivity index (χ0v) is 20.8. The van der Waals surface area contributed by atoms with E-state index in [4.69, 9.17) is 21.3 Å². The van der Waals surface area contributed by atoms with Gasteiger partial charge in [-0.2, -0.15) is 0 Å². The second-order valence-corrected chi connectivity index (χ2v) is 10.2. The molecule has 1 saturated carbocycles. The first-order valence-corrected chi connectivity index (χ1v) is 12.6. The van der Waals surface area contributed by atoms with Crippen LogP contribution in [0.15, 0.2) is 53.5 Å². The van der Waals surface area contributed by atoms with E-state index in [2.05, 4.69) is 16.8 Å². The molecule has 1 amide bonds. The van der Waals surface area contributed by atoms with E-state index in [1.54, 1.807) is 7.11 Å². The van der Waals surface area contributed by atoms with Crippen molar-refractivity contribution in [2.75, 3.05) is 45.2 Å². The lowest BCUT2D eigenvalue weighted by atomic mass is 9.69. The van der Waals surface area contributed by atoms with Crippen molar-refractivity contribution in [3.63, 3.8) is 0 Å². The molecule has 7 heteroatoms. The van der Waals surface area contributed by atoms with Crippen LogP contribution in [0, 0.1) is 5.41 Å². The third-order valence-corrected chi connectivity index (χ3v) is 7.93. The summed E-state index contributed by atoms with van der Waals surface area (Å²) >= 11 is 6.20. The van der Waals surface area contributed by atoms with E-state index < -0.39 is 5.41 Å². The zero-order chi connectivity index (χ0) is 23.7. The molecule has 2 saturated heterocycles. The Kier molecular flexibility index (Phi) is 6.65. The number of carbonyl (C=O) groups excluding carboxylic acids is 1. The summed E-state index contributed by atoms with van der Waals surface area (Å²) in [6.07, 6.45) is 5.18. The summed E-state index contributed by atoms with van der Waals surface area (Å²) < 4.78 is 5.34. The van der Waals surface area contributed by atoms with E-state index in [0.29, 0.717) is 5.02 Å². The highest BCUT2D eigenvalue weighted by Crippen LogP contribution is 2.49. The number of benzene rings is 2. The van der Waals surface area contributed by atoms with Gasteiger partial charge in [0.25, 0.3) is 0 Å². The number of piperazine rings is 1. The normalized spacial score (nSPS) is 24.8. The van der Waals surface area contributed by atoms with Crippen LogP contribution in [0.25, 0.3) is 0 Å². The van der Waals surface area contributed by atoms with Gasteiger partial charge in [0.2, 0.25) is 5.91 Å². The Bertz CT molecular complexity index is 1040. The van der Waals surface area contributed by atoms with Gasteiger partial charge < -0.3 is 9.64 Å². The van der Waals surface area contributed by atoms with Crippen LogP contribution in [0.3, 0.4) is 0 Å². The third kappa shape index (κ3) is 4.23. The van der Waals surface area contributed by atoms with Crippen molar-refractivity contribution in [3.05, 3.63) is 53.6 Å². The smallest absolute Gasteiger partial charge is 0.240 e. The van der Waals surface area contributed by atoms with Gasteiger partial charge >= 0.3 is 0 Å². The molecule has 2 heterocycles. The molecule has 34 heavy (non-hydrogen) atoms. The molecule has 5 rings (SSSR count). The van der Waals surface area contributed by atoms with Crippen molar-refractivity contribution >= 4 is 34.7 Å². The van der Waals surface area contributed by atoms with E-state index in [9.17, 15) is 4.79 Å². The maximum Gasteiger partial charge on any atom is 0.240 e. The van der Waals surface area contributed by atoms with Gasteiger partial charge in [0.1, 0.15) is 11.6 Å². The largest absolute Gasteiger partial charge is 0.497 e. The third-order valence-electron chi connectivity index (χ3n) is 7.68. The number of hydrogen-bond donors (Lipinski definition) is 0. The highest BCUT2D eigenvalue weighted by molar-refractivity contribution is 6.31. The van der Waals surface area contributed by atoms with Crippen LogP contribution < -0.4 is 9.64 Å². The molecule has 2 aliphatic heterocycles. The van der Waals surface area contributed by atoms with Gasteiger partial charge in [-0.05, 0) is 68.4 Å². The average molecular weight is 481 g/mol. The number of anilines is 1. The lowest BCUT2D eigenvalue weighted by molar-refractivity contribution is -0.130. The predicted octanol–water partition coefficient (Wildman–Crippen LogP) is 4.99. The Labute approximate surface area is 207 Å². The SMILES string of the molecule is COc1ccc(N=C2C(N3CCN(C)CC3)C3(CCCCC3)C(=O)N2c2ccc(Cl)cc2)cc1. The molecular weight excluding hydrogens is 448 g/mol. The molecule has 6 nitrogen and oxygen atoms in total. The second kappa shape index (κ2) is 9.68. The van der Waals surface area contributed by atoms with Gasteiger partial charge in [0.15, 0.2) is 0 Å². The molecule has 180 valence electrons. The number of hydrogen-bond acceptors (Lipinski definition) is 5. The summed E-state index contributed by atoms with van der Waals surface area (Å²) in [6.45, 7) is 3.87. The first kappa shape index (κ1) is 23.3. The first-order chi connectivity index (χ1) is 16.5. The maximum atomic E-state index is 14.3. The number of amides is 1. The van der Waals surface area contributed by atoms with Gasteiger partial charge in [-0.3, -0.25) is 14.6 Å². The van der Waals surface area contributed by atoms with Crippen LogP contribution in [-0.4, -0.2) is 67.9 Å². The average Bonchev–Trinajstić information content (AvgIpc) is 3.08. The molecule has 1 unspecified atom stereocenters. The second-order valence-electron chi connectivity index (χ2n) is 9.74. The molecule has 2 aromatic carbocycles. The standard InChI is InChI=1S/C27H33ClN4O2/c1-30-16-18-31(19-17-30)24-25(29-21-8-12-23(34-2)13-9-21)32(22-10-6-20(28)7-11-22)26(33)27(24)14-4-3-5-15-27/h6-13,24H,3-5,14-19H2,1-2H3. The molecule has 1 aliphatic carbocycles. The molecule has 0 bridgehead atoms. The highest BCUT2D eigenvalue weighted by Gasteiger charge is 2.60. The quantitative estimate of drug-likeness (QED) is 0.618. The maximum absolute atomic E-state index is 14.3. The number of methoxy groups -OCH3 is 1. The molecule has 3 aliphatic rings. The van der Waals surface area contributed by atoms with Crippen molar-refractivity contribution < 1.29 is 9.53 Å². The van der Waals surface area contributed by atoms with E-state index >= 15 is 0 Å². The fourth-order valence-electron chi connectivity index (χ4n) is 5.82. The van der Waals surface area contributed by atoms with Crippen molar-refractivity contribution in [1.82, 2.24) is 9.80 Å². The lowest BCUT2D eigenvalue weighted by Crippen LogP contribution is -2.57. The molecule has 0 radical (unpaired) electrons. The summed E-state index contributed by atoms with van der Waals surface area (Å²) in [5.74, 6) is 1.81. The zero-order valence-electron chi connectivity index (χ0n) is 20.0. The van der Waals surface area contributed by atoms with Crippen molar-refractivity contribution in [1.29, 1.82) is 0 Å². The topological polar surface area (TPSA) is 48.4 Å². The van der Waals surface area contributed by atoms with Crippen molar-refractivity contribution in [3.8, 4) is 5.75 Å². The monoisotopic (exact) mass is 480 g/mol. The summed E-state index contributed by atoms with van der Waals surface area (Å²) in [6, 6.07) is 15.3. The molecule has 0 aromatic heterocycles. The van der Waals surface area contributed by atoms with Gasteiger partial charge in [0.05, 0.1) is 29.9 Å². The molecule has 0 N–H and O–H groups in total. The number of amidine groups is 1. The van der Waals surface area contributed by atoms with E-state index in [0.717, 1.165) is 74.8 Å². The Balaban J connectivity index is 1.65. The van der Waals surface area contributed by atoms with Crippen molar-refractivity contribution in [2.45, 2.75) is 38.1 Å². The number of rotatable bonds is 4. The van der Waals surface area contributed by atoms with Crippen LogP contribution in [0.1, 0.15) is 32.1 Å². The van der Waals surface area contributed by atoms with E-state index in [1.165, 1.54) is 6.42 Å². The molecule has 1 atom stereocenters. The summed E-state index contributed by atoms with van der Waals surface area (Å²) in [7, 11) is 3.83. The van der Waals surface area contributed by atoms with Crippen LogP contribution in [0.4, 0.5) is 11.4 Å². The Morgan fingerprint density at radius 2 is 1.59 bits per heavy atom. The number of halogens is 1. The lowest BCUT2D eigenvalue weighted by Gasteiger charge is -2.44. The molecular formula is C27H33ClN4O2. The molecule has 3 fully saturated rings. The van der Waals surface area contributed by atoms with E-state index in [-0.39, 0.29) is 11.9 Å². The van der Waals surface area contributed by atoms with Crippen LogP contribution in [0.5, 0.6) is 5.75 Å². The fourth-order valence-corrected chi connectivity index (χ4v) is 5.94. The van der Waals surface area contributed by atoms with Crippen molar-refractivity contribution in [2.24, 2.45) is 10.4 Å². The number of nitrogens with zero attached hydrogens (tertiary/aromatic N) is 4. The number of ether oxygens (including phenoxy) is 1. The summed E-state index contributed by atoms with van der Waals surface area (Å²) in [5, 5.41) is 0.659. The molecule has 1 spiro atoms. The minimum atomic E-state index is -0.431. The van der Waals surface area contributed by atoms with Gasteiger partial charge in [-0.25, -0.2) is 4.99 Å². The highest BCUT2D eigenvalue weighted by atomic mass is 35.5. The predicted molar refractivity (Wildman–Crippen MR) is 137 cm³/mol. The van der Waals surface area contributed by atoms with Gasteiger partial charge in [-0.15, -0.1) is 0 Å². The number of likely N-dealkylation sites (N-methyl/N-ethyl adjacent to an activating group) is 1. The Morgan fingerprint density at radius 3 is 2.21 bits per heavy atom. The number of carbonyl (C=O) groups is 1. The Hall–Kier alpha value is -2.41. The summed E-state index contributed by atoms with van der Waals surface area (Å²) in [4.78, 5) is 26.3. The van der Waals surface area contributed by atoms with Gasteiger partial charge in [-0.1, -0.05) is 30.9 Å². The van der Waals surface area contributed by atoms with Gasteiger partial charge in [0, 0.05) is 31.2 Å². The minimum absolute atomic E-state index is 0.0354. The van der Waals surface area contributed by atoms with E-state index in [1.807, 2.05) is 53.4 Å². The minimum Gasteiger partial charge on any atom is -0.497 e. The number of aliphatic imine (C=N–C) groups is 1. The molecule has 2 aromatic rings. The summed E-state index contributed by atoms with van der Waals surface area (Å²) in [5.41, 5.74) is 1.23. The van der Waals surface area contributed by atoms with Crippen LogP contribution in [-0.2, 0) is 4.79 Å².